The van der Waals surface area contributed by atoms with Gasteiger partial charge in [-0.3, -0.25) is 4.90 Å². The molecule has 2 heterocycles. The Morgan fingerprint density at radius 2 is 2.16 bits per heavy atom. The summed E-state index contributed by atoms with van der Waals surface area (Å²) in [6, 6.07) is 1.46. The van der Waals surface area contributed by atoms with Gasteiger partial charge in [-0.05, 0) is 12.3 Å². The van der Waals surface area contributed by atoms with E-state index in [2.05, 4.69) is 54.5 Å². The van der Waals surface area contributed by atoms with Crippen molar-refractivity contribution in [2.24, 2.45) is 5.92 Å². The van der Waals surface area contributed by atoms with Crippen LogP contribution in [0.3, 0.4) is 0 Å². The third-order valence-corrected chi connectivity index (χ3v) is 7.52. The van der Waals surface area contributed by atoms with Crippen LogP contribution in [0.4, 0.5) is 0 Å². The van der Waals surface area contributed by atoms with E-state index in [9.17, 15) is 0 Å². The molecule has 2 saturated heterocycles. The lowest BCUT2D eigenvalue weighted by Gasteiger charge is -2.43. The van der Waals surface area contributed by atoms with Gasteiger partial charge >= 0.3 is 0 Å². The average molecular weight is 303 g/mol. The molecule has 2 fully saturated rings. The van der Waals surface area contributed by atoms with Crippen LogP contribution >= 0.6 is 23.5 Å². The van der Waals surface area contributed by atoms with Crippen molar-refractivity contribution in [3.63, 3.8) is 0 Å². The number of nitrogens with one attached hydrogen (secondary N) is 1. The molecule has 2 aliphatic rings. The third kappa shape index (κ3) is 4.55. The van der Waals surface area contributed by atoms with Crippen LogP contribution in [0.5, 0.6) is 0 Å². The first-order valence-electron chi connectivity index (χ1n) is 7.91. The summed E-state index contributed by atoms with van der Waals surface area (Å²) in [5.41, 5.74) is 0. The molecule has 0 saturated carbocycles. The molecule has 2 rings (SSSR count). The first-order chi connectivity index (χ1) is 9.24. The van der Waals surface area contributed by atoms with Crippen molar-refractivity contribution in [3.8, 4) is 0 Å². The minimum absolute atomic E-state index is 0.703. The molecule has 0 amide bonds. The molecule has 0 aromatic heterocycles. The van der Waals surface area contributed by atoms with E-state index in [0.717, 1.165) is 17.2 Å². The van der Waals surface area contributed by atoms with Gasteiger partial charge in [-0.25, -0.2) is 0 Å². The summed E-state index contributed by atoms with van der Waals surface area (Å²) in [6.45, 7) is 10.8. The molecular weight excluding hydrogens is 272 g/mol. The standard InChI is InChI=1S/C15H30N2S2/c1-4-12(3)15-10-17(13(5-2)8-16-15)9-14-11-18-6-7-19-14/h12-16H,4-11H2,1-3H3. The van der Waals surface area contributed by atoms with Crippen LogP contribution in [-0.2, 0) is 0 Å². The van der Waals surface area contributed by atoms with Gasteiger partial charge in [0.2, 0.25) is 0 Å². The van der Waals surface area contributed by atoms with Gasteiger partial charge in [0.1, 0.15) is 0 Å². The van der Waals surface area contributed by atoms with E-state index in [1.807, 2.05) is 0 Å². The molecular formula is C15H30N2S2. The number of rotatable bonds is 5. The minimum Gasteiger partial charge on any atom is -0.311 e. The largest absolute Gasteiger partial charge is 0.311 e. The predicted octanol–water partition coefficient (Wildman–Crippen LogP) is 2.93. The Bertz CT molecular complexity index is 255. The van der Waals surface area contributed by atoms with Crippen LogP contribution in [-0.4, -0.2) is 59.1 Å². The van der Waals surface area contributed by atoms with Crippen molar-refractivity contribution >= 4 is 23.5 Å². The molecule has 0 aromatic carbocycles. The Labute approximate surface area is 127 Å². The summed E-state index contributed by atoms with van der Waals surface area (Å²) in [6.07, 6.45) is 2.57. The van der Waals surface area contributed by atoms with E-state index >= 15 is 0 Å². The smallest absolute Gasteiger partial charge is 0.0265 e. The normalized spacial score (nSPS) is 35.2. The first-order valence-corrected chi connectivity index (χ1v) is 10.1. The highest BCUT2D eigenvalue weighted by atomic mass is 32.2. The lowest BCUT2D eigenvalue weighted by Crippen LogP contribution is -2.59. The summed E-state index contributed by atoms with van der Waals surface area (Å²) < 4.78 is 0. The molecule has 4 unspecified atom stereocenters. The van der Waals surface area contributed by atoms with Crippen molar-refractivity contribution in [2.45, 2.75) is 50.9 Å². The van der Waals surface area contributed by atoms with E-state index in [1.165, 1.54) is 49.7 Å². The zero-order chi connectivity index (χ0) is 13.7. The van der Waals surface area contributed by atoms with Gasteiger partial charge in [-0.15, -0.1) is 0 Å². The number of hydrogen-bond acceptors (Lipinski definition) is 4. The fourth-order valence-electron chi connectivity index (χ4n) is 3.08. The number of piperazine rings is 1. The van der Waals surface area contributed by atoms with Crippen LogP contribution in [0.15, 0.2) is 0 Å². The average Bonchev–Trinajstić information content (AvgIpc) is 2.47. The third-order valence-electron chi connectivity index (χ3n) is 4.69. The zero-order valence-electron chi connectivity index (χ0n) is 12.7. The van der Waals surface area contributed by atoms with E-state index in [1.54, 1.807) is 0 Å². The van der Waals surface area contributed by atoms with Gasteiger partial charge in [0.15, 0.2) is 0 Å². The highest BCUT2D eigenvalue weighted by Crippen LogP contribution is 2.26. The molecule has 0 spiro atoms. The fourth-order valence-corrected chi connectivity index (χ4v) is 5.77. The zero-order valence-corrected chi connectivity index (χ0v) is 14.4. The van der Waals surface area contributed by atoms with Crippen LogP contribution in [0.2, 0.25) is 0 Å². The molecule has 2 nitrogen and oxygen atoms in total. The molecule has 4 heteroatoms. The van der Waals surface area contributed by atoms with Gasteiger partial charge in [0.25, 0.3) is 0 Å². The topological polar surface area (TPSA) is 15.3 Å². The van der Waals surface area contributed by atoms with Crippen molar-refractivity contribution in [1.82, 2.24) is 10.2 Å². The van der Waals surface area contributed by atoms with E-state index in [0.29, 0.717) is 6.04 Å². The minimum atomic E-state index is 0.703. The predicted molar refractivity (Wildman–Crippen MR) is 90.5 cm³/mol. The Hall–Kier alpha value is 0.620. The van der Waals surface area contributed by atoms with E-state index in [4.69, 9.17) is 0 Å². The lowest BCUT2D eigenvalue weighted by atomic mass is 9.95. The molecule has 0 bridgehead atoms. The second kappa shape index (κ2) is 8.16. The van der Waals surface area contributed by atoms with Crippen molar-refractivity contribution < 1.29 is 0 Å². The maximum atomic E-state index is 3.78. The Morgan fingerprint density at radius 1 is 1.32 bits per heavy atom. The molecule has 19 heavy (non-hydrogen) atoms. The van der Waals surface area contributed by atoms with E-state index in [-0.39, 0.29) is 0 Å². The summed E-state index contributed by atoms with van der Waals surface area (Å²) >= 11 is 4.35. The summed E-state index contributed by atoms with van der Waals surface area (Å²) in [7, 11) is 0. The van der Waals surface area contributed by atoms with Gasteiger partial charge in [-0.1, -0.05) is 27.2 Å². The van der Waals surface area contributed by atoms with E-state index < -0.39 is 0 Å². The van der Waals surface area contributed by atoms with Crippen LogP contribution < -0.4 is 5.32 Å². The molecule has 0 aromatic rings. The molecule has 112 valence electrons. The monoisotopic (exact) mass is 302 g/mol. The highest BCUT2D eigenvalue weighted by Gasteiger charge is 2.31. The summed E-state index contributed by atoms with van der Waals surface area (Å²) in [5, 5.41) is 4.65. The summed E-state index contributed by atoms with van der Waals surface area (Å²) in [5.74, 6) is 4.87. The maximum absolute atomic E-state index is 3.78. The number of thioether (sulfide) groups is 2. The van der Waals surface area contributed by atoms with Gasteiger partial charge in [0, 0.05) is 54.2 Å². The maximum Gasteiger partial charge on any atom is 0.0265 e. The first kappa shape index (κ1) is 16.0. The quantitative estimate of drug-likeness (QED) is 0.839. The summed E-state index contributed by atoms with van der Waals surface area (Å²) in [4.78, 5) is 2.79. The molecule has 2 aliphatic heterocycles. The van der Waals surface area contributed by atoms with Crippen LogP contribution in [0, 0.1) is 5.92 Å². The second-order valence-corrected chi connectivity index (χ2v) is 8.54. The van der Waals surface area contributed by atoms with Crippen LogP contribution in [0.25, 0.3) is 0 Å². The van der Waals surface area contributed by atoms with Crippen molar-refractivity contribution in [3.05, 3.63) is 0 Å². The Morgan fingerprint density at radius 3 is 2.79 bits per heavy atom. The number of hydrogen-bond donors (Lipinski definition) is 1. The lowest BCUT2D eigenvalue weighted by molar-refractivity contribution is 0.108. The van der Waals surface area contributed by atoms with Gasteiger partial charge in [-0.2, -0.15) is 23.5 Å². The highest BCUT2D eigenvalue weighted by molar-refractivity contribution is 8.06. The van der Waals surface area contributed by atoms with Crippen molar-refractivity contribution in [1.29, 1.82) is 0 Å². The number of nitrogens with zero attached hydrogens (tertiary/aromatic N) is 1. The van der Waals surface area contributed by atoms with Crippen LogP contribution in [0.1, 0.15) is 33.6 Å². The van der Waals surface area contributed by atoms with Gasteiger partial charge < -0.3 is 5.32 Å². The Balaban J connectivity index is 1.89. The molecule has 1 N–H and O–H groups in total. The van der Waals surface area contributed by atoms with Gasteiger partial charge in [0.05, 0.1) is 0 Å². The SMILES string of the molecule is CCC(C)C1CN(CC2CSCCS2)C(CC)CN1. The Kier molecular flexibility index (Phi) is 6.87. The molecule has 4 atom stereocenters. The molecule has 0 aliphatic carbocycles. The molecule has 0 radical (unpaired) electrons. The fraction of sp³-hybridized carbons (Fsp3) is 1.00. The van der Waals surface area contributed by atoms with Crippen molar-refractivity contribution in [2.75, 3.05) is 36.9 Å². The second-order valence-electron chi connectivity index (χ2n) is 5.98.